The lowest BCUT2D eigenvalue weighted by Crippen LogP contribution is -2.34. The Labute approximate surface area is 147 Å². The summed E-state index contributed by atoms with van der Waals surface area (Å²) in [7, 11) is -4.31. The van der Waals surface area contributed by atoms with Gasteiger partial charge in [0.2, 0.25) is 10.0 Å². The lowest BCUT2D eigenvalue weighted by Gasteiger charge is -2.23. The smallest absolute Gasteiger partial charge is 0.335 e. The molecule has 0 saturated heterocycles. The lowest BCUT2D eigenvalue weighted by atomic mass is 9.98. The molecule has 0 unspecified atom stereocenters. The number of benzene rings is 1. The molecule has 0 fully saturated rings. The van der Waals surface area contributed by atoms with E-state index >= 15 is 0 Å². The summed E-state index contributed by atoms with van der Waals surface area (Å²) >= 11 is 5.58. The van der Waals surface area contributed by atoms with E-state index < -0.39 is 26.7 Å². The third kappa shape index (κ3) is 3.99. The average Bonchev–Trinajstić information content (AvgIpc) is 2.99. The summed E-state index contributed by atoms with van der Waals surface area (Å²) in [5.41, 5.74) is -1.27. The summed E-state index contributed by atoms with van der Waals surface area (Å²) < 4.78 is 68.4. The minimum absolute atomic E-state index is 0.0219. The third-order valence-corrected chi connectivity index (χ3v) is 5.87. The molecule has 1 aromatic carbocycles. The highest BCUT2D eigenvalue weighted by molar-refractivity contribution is 7.89. The van der Waals surface area contributed by atoms with Gasteiger partial charge in [0, 0.05) is 36.9 Å². The van der Waals surface area contributed by atoms with Crippen molar-refractivity contribution in [1.82, 2.24) is 14.3 Å². The zero-order chi connectivity index (χ0) is 18.2. The van der Waals surface area contributed by atoms with Gasteiger partial charge in [-0.3, -0.25) is 0 Å². The predicted molar refractivity (Wildman–Crippen MR) is 85.7 cm³/mol. The van der Waals surface area contributed by atoms with E-state index in [2.05, 4.69) is 9.71 Å². The van der Waals surface area contributed by atoms with Crippen molar-refractivity contribution in [3.05, 3.63) is 47.0 Å². The maximum atomic E-state index is 13.1. The van der Waals surface area contributed by atoms with Crippen LogP contribution in [-0.4, -0.2) is 24.5 Å². The number of hydrogen-bond donors (Lipinski definition) is 1. The van der Waals surface area contributed by atoms with Crippen LogP contribution in [0.4, 0.5) is 13.2 Å². The fourth-order valence-corrected chi connectivity index (χ4v) is 4.35. The molecule has 10 heteroatoms. The molecular weight excluding hydrogens is 379 g/mol. The number of aromatic nitrogens is 2. The summed E-state index contributed by atoms with van der Waals surface area (Å²) in [4.78, 5) is 3.37. The van der Waals surface area contributed by atoms with E-state index in [0.29, 0.717) is 19.0 Å². The Bertz CT molecular complexity index is 880. The molecule has 0 saturated carbocycles. The van der Waals surface area contributed by atoms with E-state index in [1.165, 1.54) is 0 Å². The van der Waals surface area contributed by atoms with Crippen molar-refractivity contribution in [3.63, 3.8) is 0 Å². The van der Waals surface area contributed by atoms with E-state index in [-0.39, 0.29) is 17.5 Å². The second-order valence-electron chi connectivity index (χ2n) is 5.89. The molecule has 1 aliphatic heterocycles. The number of halogens is 4. The molecule has 5 nitrogen and oxygen atoms in total. The number of sulfonamides is 1. The van der Waals surface area contributed by atoms with Crippen LogP contribution in [0.5, 0.6) is 0 Å². The highest BCUT2D eigenvalue weighted by atomic mass is 35.5. The Hall–Kier alpha value is -1.58. The van der Waals surface area contributed by atoms with Gasteiger partial charge >= 0.3 is 6.18 Å². The molecule has 1 aromatic heterocycles. The number of hydrogen-bond acceptors (Lipinski definition) is 3. The van der Waals surface area contributed by atoms with E-state index in [1.54, 1.807) is 6.20 Å². The van der Waals surface area contributed by atoms with Gasteiger partial charge in [-0.2, -0.15) is 13.2 Å². The van der Waals surface area contributed by atoms with Gasteiger partial charge < -0.3 is 4.57 Å². The van der Waals surface area contributed by atoms with Crippen molar-refractivity contribution in [2.45, 2.75) is 30.5 Å². The zero-order valence-corrected chi connectivity index (χ0v) is 14.5. The van der Waals surface area contributed by atoms with Gasteiger partial charge in [0.1, 0.15) is 5.82 Å². The van der Waals surface area contributed by atoms with Gasteiger partial charge in [-0.25, -0.2) is 18.1 Å². The number of fused-ring (bicyclic) bond motifs is 1. The standard InChI is InChI=1S/C15H15ClF3N3O2S/c16-11-1-2-13(12(8-11)15(17,18)19)25(23,24)21-9-10-3-5-22-6-4-20-14(22)7-10/h1-2,4,6,8,10,21H,3,5,7,9H2/t10-/m0/s1. The van der Waals surface area contributed by atoms with Crippen LogP contribution in [0.2, 0.25) is 5.02 Å². The van der Waals surface area contributed by atoms with Gasteiger partial charge in [-0.1, -0.05) is 11.6 Å². The minimum atomic E-state index is -4.81. The predicted octanol–water partition coefficient (Wildman–Crippen LogP) is 3.10. The summed E-state index contributed by atoms with van der Waals surface area (Å²) in [5.74, 6) is 0.823. The lowest BCUT2D eigenvalue weighted by molar-refractivity contribution is -0.139. The molecule has 1 aliphatic rings. The van der Waals surface area contributed by atoms with Crippen molar-refractivity contribution in [2.75, 3.05) is 6.54 Å². The second kappa shape index (κ2) is 6.62. The molecule has 136 valence electrons. The summed E-state index contributed by atoms with van der Waals surface area (Å²) in [5, 5.41) is -0.176. The quantitative estimate of drug-likeness (QED) is 0.868. The molecule has 2 aromatic rings. The highest BCUT2D eigenvalue weighted by Gasteiger charge is 2.37. The molecule has 0 bridgehead atoms. The zero-order valence-electron chi connectivity index (χ0n) is 12.9. The van der Waals surface area contributed by atoms with Crippen molar-refractivity contribution in [3.8, 4) is 0 Å². The molecule has 0 aliphatic carbocycles. The molecule has 2 heterocycles. The number of nitrogens with zero attached hydrogens (tertiary/aromatic N) is 2. The molecule has 25 heavy (non-hydrogen) atoms. The van der Waals surface area contributed by atoms with E-state index in [9.17, 15) is 21.6 Å². The van der Waals surface area contributed by atoms with Crippen LogP contribution < -0.4 is 4.72 Å². The summed E-state index contributed by atoms with van der Waals surface area (Å²) in [6.45, 7) is 0.756. The number of aryl methyl sites for hydroxylation is 1. The number of nitrogens with one attached hydrogen (secondary N) is 1. The maximum absolute atomic E-state index is 13.1. The molecular formula is C15H15ClF3N3O2S. The topological polar surface area (TPSA) is 64.0 Å². The van der Waals surface area contributed by atoms with E-state index in [4.69, 9.17) is 11.6 Å². The Balaban J connectivity index is 1.77. The Morgan fingerprint density at radius 3 is 2.84 bits per heavy atom. The van der Waals surface area contributed by atoms with Crippen LogP contribution in [0.25, 0.3) is 0 Å². The Morgan fingerprint density at radius 1 is 1.36 bits per heavy atom. The van der Waals surface area contributed by atoms with Crippen LogP contribution in [0.1, 0.15) is 17.8 Å². The molecule has 3 rings (SSSR count). The number of imidazole rings is 1. The van der Waals surface area contributed by atoms with E-state index in [0.717, 1.165) is 24.4 Å². The molecule has 0 amide bonds. The second-order valence-corrected chi connectivity index (χ2v) is 8.06. The van der Waals surface area contributed by atoms with Crippen molar-refractivity contribution in [1.29, 1.82) is 0 Å². The fourth-order valence-electron chi connectivity index (χ4n) is 2.85. The molecule has 0 radical (unpaired) electrons. The van der Waals surface area contributed by atoms with Crippen LogP contribution in [-0.2, 0) is 29.2 Å². The SMILES string of the molecule is O=S(=O)(NC[C@H]1CCn2ccnc2C1)c1ccc(Cl)cc1C(F)(F)F. The first kappa shape index (κ1) is 18.2. The molecule has 0 spiro atoms. The first-order chi connectivity index (χ1) is 11.7. The van der Waals surface area contributed by atoms with Gasteiger partial charge in [0.25, 0.3) is 0 Å². The van der Waals surface area contributed by atoms with Crippen LogP contribution >= 0.6 is 11.6 Å². The largest absolute Gasteiger partial charge is 0.417 e. The molecule has 1 atom stereocenters. The normalized spacial score (nSPS) is 18.2. The van der Waals surface area contributed by atoms with Crippen molar-refractivity contribution in [2.24, 2.45) is 5.92 Å². The third-order valence-electron chi connectivity index (χ3n) is 4.15. The summed E-state index contributed by atoms with van der Waals surface area (Å²) in [6, 6.07) is 2.62. The Morgan fingerprint density at radius 2 is 2.12 bits per heavy atom. The van der Waals surface area contributed by atoms with Crippen molar-refractivity contribution < 1.29 is 21.6 Å². The number of alkyl halides is 3. The average molecular weight is 394 g/mol. The maximum Gasteiger partial charge on any atom is 0.417 e. The van der Waals surface area contributed by atoms with Crippen LogP contribution in [0.15, 0.2) is 35.5 Å². The minimum Gasteiger partial charge on any atom is -0.335 e. The first-order valence-corrected chi connectivity index (χ1v) is 9.39. The van der Waals surface area contributed by atoms with Gasteiger partial charge in [-0.05, 0) is 30.5 Å². The van der Waals surface area contributed by atoms with Crippen LogP contribution in [0, 0.1) is 5.92 Å². The van der Waals surface area contributed by atoms with Crippen molar-refractivity contribution >= 4 is 21.6 Å². The van der Waals surface area contributed by atoms with Gasteiger partial charge in [0.15, 0.2) is 0 Å². The fraction of sp³-hybridized carbons (Fsp3) is 0.400. The summed E-state index contributed by atoms with van der Waals surface area (Å²) in [6.07, 6.45) is -0.00426. The van der Waals surface area contributed by atoms with Gasteiger partial charge in [0.05, 0.1) is 10.5 Å². The van der Waals surface area contributed by atoms with Crippen LogP contribution in [0.3, 0.4) is 0 Å². The first-order valence-electron chi connectivity index (χ1n) is 7.53. The highest BCUT2D eigenvalue weighted by Crippen LogP contribution is 2.35. The molecule has 1 N–H and O–H groups in total. The number of rotatable bonds is 4. The Kier molecular flexibility index (Phi) is 4.82. The van der Waals surface area contributed by atoms with Gasteiger partial charge in [-0.15, -0.1) is 0 Å². The van der Waals surface area contributed by atoms with E-state index in [1.807, 2.05) is 10.8 Å². The monoisotopic (exact) mass is 393 g/mol.